The second-order valence-corrected chi connectivity index (χ2v) is 11.2. The number of likely N-dealkylation sites (tertiary alicyclic amines) is 1. The molecule has 0 saturated carbocycles. The third kappa shape index (κ3) is 4.13. The molecule has 2 aromatic rings. The van der Waals surface area contributed by atoms with Crippen molar-refractivity contribution in [3.8, 4) is 0 Å². The van der Waals surface area contributed by atoms with E-state index in [1.165, 1.54) is 28.2 Å². The highest BCUT2D eigenvalue weighted by atomic mass is 32.2. The van der Waals surface area contributed by atoms with Crippen LogP contribution in [0.1, 0.15) is 46.5 Å². The van der Waals surface area contributed by atoms with Gasteiger partial charge in [-0.2, -0.15) is 0 Å². The zero-order chi connectivity index (χ0) is 18.9. The van der Waals surface area contributed by atoms with Crippen LogP contribution in [-0.4, -0.2) is 38.9 Å². The van der Waals surface area contributed by atoms with Crippen molar-refractivity contribution in [2.24, 2.45) is 5.92 Å². The Morgan fingerprint density at radius 2 is 2.07 bits per heavy atom. The molecule has 5 nitrogen and oxygen atoms in total. The molecule has 1 N–H and O–H groups in total. The van der Waals surface area contributed by atoms with E-state index < -0.39 is 10.0 Å². The number of thiophene rings is 2. The van der Waals surface area contributed by atoms with Crippen molar-refractivity contribution in [1.29, 1.82) is 0 Å². The Balaban J connectivity index is 1.39. The number of sulfonamides is 1. The lowest BCUT2D eigenvalue weighted by Gasteiger charge is -2.33. The number of aryl methyl sites for hydroxylation is 1. The monoisotopic (exact) mass is 424 g/mol. The Labute approximate surface area is 168 Å². The summed E-state index contributed by atoms with van der Waals surface area (Å²) in [7, 11) is -3.44. The average Bonchev–Trinajstić information content (AvgIpc) is 3.36. The van der Waals surface area contributed by atoms with Gasteiger partial charge in [-0.05, 0) is 61.5 Å². The first kappa shape index (κ1) is 19.1. The number of amides is 1. The first-order chi connectivity index (χ1) is 13.0. The molecule has 1 aliphatic carbocycles. The van der Waals surface area contributed by atoms with E-state index in [-0.39, 0.29) is 11.8 Å². The number of piperidine rings is 1. The molecule has 27 heavy (non-hydrogen) atoms. The minimum atomic E-state index is -3.44. The maximum atomic E-state index is 13.1. The van der Waals surface area contributed by atoms with Crippen molar-refractivity contribution in [1.82, 2.24) is 9.62 Å². The van der Waals surface area contributed by atoms with Gasteiger partial charge in [0.15, 0.2) is 0 Å². The van der Waals surface area contributed by atoms with E-state index in [2.05, 4.69) is 4.72 Å². The quantitative estimate of drug-likeness (QED) is 0.799. The fourth-order valence-electron chi connectivity index (χ4n) is 3.97. The first-order valence-electron chi connectivity index (χ1n) is 9.46. The van der Waals surface area contributed by atoms with Crippen LogP contribution in [0.15, 0.2) is 27.1 Å². The van der Waals surface area contributed by atoms with Crippen LogP contribution >= 0.6 is 22.7 Å². The van der Waals surface area contributed by atoms with E-state index in [0.29, 0.717) is 17.3 Å². The standard InChI is InChI=1S/C19H24N2O3S3/c22-19(16-13-26-17-7-2-1-6-15(16)17)21-9-3-5-14(12-21)11-20-27(23,24)18-8-4-10-25-18/h4,8,10,13-14,20H,1-3,5-7,9,11-12H2/t14-/m1/s1. The van der Waals surface area contributed by atoms with E-state index >= 15 is 0 Å². The smallest absolute Gasteiger partial charge is 0.254 e. The summed E-state index contributed by atoms with van der Waals surface area (Å²) in [6.07, 6.45) is 6.36. The molecule has 0 aromatic carbocycles. The molecule has 0 radical (unpaired) electrons. The van der Waals surface area contributed by atoms with Crippen molar-refractivity contribution in [3.05, 3.63) is 38.9 Å². The summed E-state index contributed by atoms with van der Waals surface area (Å²) >= 11 is 2.94. The van der Waals surface area contributed by atoms with Crippen LogP contribution in [0.2, 0.25) is 0 Å². The van der Waals surface area contributed by atoms with Gasteiger partial charge in [0.2, 0.25) is 10.0 Å². The number of hydrogen-bond donors (Lipinski definition) is 1. The minimum Gasteiger partial charge on any atom is -0.338 e. The molecule has 8 heteroatoms. The van der Waals surface area contributed by atoms with Gasteiger partial charge in [-0.1, -0.05) is 6.07 Å². The second-order valence-electron chi connectivity index (χ2n) is 7.30. The molecule has 146 valence electrons. The van der Waals surface area contributed by atoms with Gasteiger partial charge in [0, 0.05) is 29.9 Å². The molecule has 0 spiro atoms. The number of carbonyl (C=O) groups excluding carboxylic acids is 1. The number of fused-ring (bicyclic) bond motifs is 1. The number of rotatable bonds is 5. The number of nitrogens with one attached hydrogen (secondary N) is 1. The maximum Gasteiger partial charge on any atom is 0.254 e. The Morgan fingerprint density at radius 3 is 2.89 bits per heavy atom. The minimum absolute atomic E-state index is 0.125. The molecular formula is C19H24N2O3S3. The summed E-state index contributed by atoms with van der Waals surface area (Å²) in [6.45, 7) is 1.76. The van der Waals surface area contributed by atoms with Crippen molar-refractivity contribution < 1.29 is 13.2 Å². The van der Waals surface area contributed by atoms with Gasteiger partial charge in [-0.3, -0.25) is 4.79 Å². The fraction of sp³-hybridized carbons (Fsp3) is 0.526. The van der Waals surface area contributed by atoms with E-state index in [1.807, 2.05) is 10.3 Å². The number of hydrogen-bond acceptors (Lipinski definition) is 5. The summed E-state index contributed by atoms with van der Waals surface area (Å²) in [4.78, 5) is 16.4. The molecule has 1 fully saturated rings. The Morgan fingerprint density at radius 1 is 1.22 bits per heavy atom. The molecule has 4 rings (SSSR count). The Bertz CT molecular complexity index is 903. The summed E-state index contributed by atoms with van der Waals surface area (Å²) in [5, 5.41) is 3.79. The molecule has 1 aliphatic heterocycles. The van der Waals surface area contributed by atoms with Gasteiger partial charge in [-0.25, -0.2) is 13.1 Å². The maximum absolute atomic E-state index is 13.1. The molecular weight excluding hydrogens is 400 g/mol. The van der Waals surface area contributed by atoms with E-state index in [0.717, 1.165) is 44.2 Å². The van der Waals surface area contributed by atoms with E-state index in [9.17, 15) is 13.2 Å². The SMILES string of the molecule is O=C(c1csc2c1CCCC2)N1CCC[C@H](CNS(=O)(=O)c2cccs2)C1. The summed E-state index contributed by atoms with van der Waals surface area (Å²) in [6, 6.07) is 3.35. The Hall–Kier alpha value is -1.22. The fourth-order valence-corrected chi connectivity index (χ4v) is 7.25. The van der Waals surface area contributed by atoms with Crippen molar-refractivity contribution in [2.75, 3.05) is 19.6 Å². The third-order valence-electron chi connectivity index (χ3n) is 5.42. The normalized spacial score (nSPS) is 20.4. The van der Waals surface area contributed by atoms with Crippen LogP contribution in [0, 0.1) is 5.92 Å². The average molecular weight is 425 g/mol. The van der Waals surface area contributed by atoms with Crippen molar-refractivity contribution >= 4 is 38.6 Å². The third-order valence-corrected chi connectivity index (χ3v) is 9.33. The molecule has 1 amide bonds. The lowest BCUT2D eigenvalue weighted by molar-refractivity contribution is 0.0675. The zero-order valence-corrected chi connectivity index (χ0v) is 17.6. The predicted octanol–water partition coefficient (Wildman–Crippen LogP) is 3.52. The largest absolute Gasteiger partial charge is 0.338 e. The van der Waals surface area contributed by atoms with E-state index in [4.69, 9.17) is 0 Å². The van der Waals surface area contributed by atoms with Gasteiger partial charge < -0.3 is 4.90 Å². The lowest BCUT2D eigenvalue weighted by atomic mass is 9.94. The van der Waals surface area contributed by atoms with Gasteiger partial charge in [0.1, 0.15) is 4.21 Å². The van der Waals surface area contributed by atoms with Crippen LogP contribution in [-0.2, 0) is 22.9 Å². The van der Waals surface area contributed by atoms with Gasteiger partial charge in [0.25, 0.3) is 5.91 Å². The molecule has 1 atom stereocenters. The molecule has 0 unspecified atom stereocenters. The number of carbonyl (C=O) groups is 1. The van der Waals surface area contributed by atoms with Crippen LogP contribution in [0.5, 0.6) is 0 Å². The van der Waals surface area contributed by atoms with Crippen molar-refractivity contribution in [3.63, 3.8) is 0 Å². The topological polar surface area (TPSA) is 66.5 Å². The van der Waals surface area contributed by atoms with Crippen molar-refractivity contribution in [2.45, 2.75) is 42.7 Å². The van der Waals surface area contributed by atoms with E-state index in [1.54, 1.807) is 28.8 Å². The predicted molar refractivity (Wildman–Crippen MR) is 109 cm³/mol. The molecule has 1 saturated heterocycles. The van der Waals surface area contributed by atoms with Gasteiger partial charge in [0.05, 0.1) is 5.56 Å². The molecule has 0 bridgehead atoms. The highest BCUT2D eigenvalue weighted by molar-refractivity contribution is 7.91. The number of nitrogens with zero attached hydrogens (tertiary/aromatic N) is 1. The highest BCUT2D eigenvalue weighted by Crippen LogP contribution is 2.31. The second kappa shape index (κ2) is 8.03. The molecule has 2 aliphatic rings. The zero-order valence-electron chi connectivity index (χ0n) is 15.1. The summed E-state index contributed by atoms with van der Waals surface area (Å²) < 4.78 is 27.7. The van der Waals surface area contributed by atoms with Gasteiger partial charge >= 0.3 is 0 Å². The molecule has 2 aromatic heterocycles. The van der Waals surface area contributed by atoms with Gasteiger partial charge in [-0.15, -0.1) is 22.7 Å². The Kier molecular flexibility index (Phi) is 5.68. The van der Waals surface area contributed by atoms with Crippen LogP contribution in [0.3, 0.4) is 0 Å². The first-order valence-corrected chi connectivity index (χ1v) is 12.7. The van der Waals surface area contributed by atoms with Crippen LogP contribution < -0.4 is 4.72 Å². The van der Waals surface area contributed by atoms with Crippen LogP contribution in [0.4, 0.5) is 0 Å². The van der Waals surface area contributed by atoms with Crippen LogP contribution in [0.25, 0.3) is 0 Å². The molecule has 3 heterocycles. The summed E-state index contributed by atoms with van der Waals surface area (Å²) in [5.74, 6) is 0.284. The summed E-state index contributed by atoms with van der Waals surface area (Å²) in [5.41, 5.74) is 2.14. The highest BCUT2D eigenvalue weighted by Gasteiger charge is 2.29. The lowest BCUT2D eigenvalue weighted by Crippen LogP contribution is -2.43.